The second-order valence-corrected chi connectivity index (χ2v) is 6.07. The van der Waals surface area contributed by atoms with E-state index in [9.17, 15) is 0 Å². The minimum Gasteiger partial charge on any atom is -0.378 e. The molecule has 2 heterocycles. The number of morpholine rings is 1. The SMILES string of the molecule is CN(CCc1ccncc1)Cc1ccccc1N1CCOCC1. The number of aromatic nitrogens is 1. The van der Waals surface area contributed by atoms with Crippen molar-refractivity contribution < 1.29 is 4.74 Å². The molecule has 0 aliphatic carbocycles. The van der Waals surface area contributed by atoms with Crippen LogP contribution in [0.1, 0.15) is 11.1 Å². The zero-order valence-electron chi connectivity index (χ0n) is 13.8. The first-order valence-electron chi connectivity index (χ1n) is 8.31. The van der Waals surface area contributed by atoms with E-state index in [-0.39, 0.29) is 0 Å². The highest BCUT2D eigenvalue weighted by molar-refractivity contribution is 5.53. The maximum Gasteiger partial charge on any atom is 0.0642 e. The Morgan fingerprint density at radius 2 is 1.83 bits per heavy atom. The quantitative estimate of drug-likeness (QED) is 0.820. The molecule has 23 heavy (non-hydrogen) atoms. The summed E-state index contributed by atoms with van der Waals surface area (Å²) in [5.74, 6) is 0. The Bertz CT molecular complexity index is 597. The van der Waals surface area contributed by atoms with Crippen LogP contribution in [0.15, 0.2) is 48.8 Å². The normalized spacial score (nSPS) is 15.1. The number of ether oxygens (including phenoxy) is 1. The van der Waals surface area contributed by atoms with E-state index in [0.717, 1.165) is 45.8 Å². The van der Waals surface area contributed by atoms with Crippen LogP contribution in [0.25, 0.3) is 0 Å². The van der Waals surface area contributed by atoms with Crippen LogP contribution in [0.2, 0.25) is 0 Å². The molecule has 0 radical (unpaired) electrons. The number of nitrogens with zero attached hydrogens (tertiary/aromatic N) is 3. The van der Waals surface area contributed by atoms with Gasteiger partial charge in [-0.15, -0.1) is 0 Å². The third-order valence-corrected chi connectivity index (χ3v) is 4.32. The fourth-order valence-corrected chi connectivity index (χ4v) is 3.00. The van der Waals surface area contributed by atoms with Gasteiger partial charge < -0.3 is 14.5 Å². The predicted octanol–water partition coefficient (Wildman–Crippen LogP) is 2.59. The van der Waals surface area contributed by atoms with Gasteiger partial charge in [0.1, 0.15) is 0 Å². The molecule has 0 amide bonds. The van der Waals surface area contributed by atoms with Crippen LogP contribution < -0.4 is 4.90 Å². The van der Waals surface area contributed by atoms with E-state index in [2.05, 4.69) is 58.2 Å². The lowest BCUT2D eigenvalue weighted by Gasteiger charge is -2.31. The Morgan fingerprint density at radius 1 is 1.09 bits per heavy atom. The molecule has 0 N–H and O–H groups in total. The van der Waals surface area contributed by atoms with Gasteiger partial charge in [0, 0.05) is 44.3 Å². The van der Waals surface area contributed by atoms with E-state index in [1.54, 1.807) is 0 Å². The predicted molar refractivity (Wildman–Crippen MR) is 93.7 cm³/mol. The standard InChI is InChI=1S/C19H25N3O/c1-21(11-8-17-6-9-20-10-7-17)16-18-4-2-3-5-19(18)22-12-14-23-15-13-22/h2-7,9-10H,8,11-16H2,1H3. The topological polar surface area (TPSA) is 28.6 Å². The molecule has 0 atom stereocenters. The maximum absolute atomic E-state index is 5.47. The molecule has 1 aliphatic rings. The number of pyridine rings is 1. The van der Waals surface area contributed by atoms with E-state index >= 15 is 0 Å². The van der Waals surface area contributed by atoms with Gasteiger partial charge in [-0.05, 0) is 42.8 Å². The number of rotatable bonds is 6. The zero-order valence-corrected chi connectivity index (χ0v) is 13.8. The number of para-hydroxylation sites is 1. The molecule has 0 bridgehead atoms. The van der Waals surface area contributed by atoms with E-state index in [1.165, 1.54) is 16.8 Å². The summed E-state index contributed by atoms with van der Waals surface area (Å²) in [7, 11) is 2.19. The van der Waals surface area contributed by atoms with Crippen LogP contribution in [-0.4, -0.2) is 49.8 Å². The molecule has 1 fully saturated rings. The van der Waals surface area contributed by atoms with Gasteiger partial charge in [0.25, 0.3) is 0 Å². The molecule has 2 aromatic rings. The number of hydrogen-bond donors (Lipinski definition) is 0. The average molecular weight is 311 g/mol. The Kier molecular flexibility index (Phi) is 5.61. The molecule has 0 unspecified atom stereocenters. The molecule has 0 saturated carbocycles. The highest BCUT2D eigenvalue weighted by Gasteiger charge is 2.15. The Hall–Kier alpha value is -1.91. The lowest BCUT2D eigenvalue weighted by Crippen LogP contribution is -2.37. The first-order valence-corrected chi connectivity index (χ1v) is 8.31. The molecular weight excluding hydrogens is 286 g/mol. The number of benzene rings is 1. The summed E-state index contributed by atoms with van der Waals surface area (Å²) in [4.78, 5) is 8.90. The number of hydrogen-bond acceptors (Lipinski definition) is 4. The Morgan fingerprint density at radius 3 is 2.61 bits per heavy atom. The van der Waals surface area contributed by atoms with Crippen LogP contribution >= 0.6 is 0 Å². The summed E-state index contributed by atoms with van der Waals surface area (Å²) in [5.41, 5.74) is 4.09. The summed E-state index contributed by atoms with van der Waals surface area (Å²) in [6.45, 7) is 5.63. The number of likely N-dealkylation sites (N-methyl/N-ethyl adjacent to an activating group) is 1. The minimum absolute atomic E-state index is 0.826. The third-order valence-electron chi connectivity index (χ3n) is 4.32. The van der Waals surface area contributed by atoms with Crippen molar-refractivity contribution in [2.75, 3.05) is 44.8 Å². The van der Waals surface area contributed by atoms with Gasteiger partial charge in [0.2, 0.25) is 0 Å². The smallest absolute Gasteiger partial charge is 0.0642 e. The van der Waals surface area contributed by atoms with Crippen LogP contribution in [0.4, 0.5) is 5.69 Å². The molecule has 1 saturated heterocycles. The van der Waals surface area contributed by atoms with Gasteiger partial charge in [-0.2, -0.15) is 0 Å². The summed E-state index contributed by atoms with van der Waals surface area (Å²) < 4.78 is 5.47. The van der Waals surface area contributed by atoms with Crippen molar-refractivity contribution in [2.45, 2.75) is 13.0 Å². The van der Waals surface area contributed by atoms with Crippen molar-refractivity contribution in [1.29, 1.82) is 0 Å². The van der Waals surface area contributed by atoms with E-state index in [4.69, 9.17) is 4.74 Å². The Balaban J connectivity index is 1.60. The molecule has 4 nitrogen and oxygen atoms in total. The van der Waals surface area contributed by atoms with Crippen LogP contribution in [0.5, 0.6) is 0 Å². The van der Waals surface area contributed by atoms with E-state index < -0.39 is 0 Å². The largest absolute Gasteiger partial charge is 0.378 e. The van der Waals surface area contributed by atoms with Crippen molar-refractivity contribution in [3.8, 4) is 0 Å². The highest BCUT2D eigenvalue weighted by Crippen LogP contribution is 2.22. The van der Waals surface area contributed by atoms with E-state index in [1.807, 2.05) is 12.4 Å². The molecule has 0 spiro atoms. The lowest BCUT2D eigenvalue weighted by atomic mass is 10.1. The summed E-state index contributed by atoms with van der Waals surface area (Å²) in [6.07, 6.45) is 4.78. The molecular formula is C19H25N3O. The fourth-order valence-electron chi connectivity index (χ4n) is 3.00. The Labute approximate surface area is 138 Å². The van der Waals surface area contributed by atoms with Crippen molar-refractivity contribution in [2.24, 2.45) is 0 Å². The first kappa shape index (κ1) is 16.0. The third kappa shape index (κ3) is 4.53. The molecule has 3 rings (SSSR count). The minimum atomic E-state index is 0.826. The van der Waals surface area contributed by atoms with Crippen LogP contribution in [-0.2, 0) is 17.7 Å². The summed E-state index contributed by atoms with van der Waals surface area (Å²) >= 11 is 0. The van der Waals surface area contributed by atoms with Gasteiger partial charge in [-0.25, -0.2) is 0 Å². The number of anilines is 1. The second kappa shape index (κ2) is 8.09. The average Bonchev–Trinajstić information content (AvgIpc) is 2.62. The van der Waals surface area contributed by atoms with Crippen molar-refractivity contribution in [3.05, 3.63) is 59.9 Å². The zero-order chi connectivity index (χ0) is 15.9. The van der Waals surface area contributed by atoms with Crippen molar-refractivity contribution >= 4 is 5.69 Å². The molecule has 1 aliphatic heterocycles. The maximum atomic E-state index is 5.47. The molecule has 1 aromatic heterocycles. The van der Waals surface area contributed by atoms with Crippen molar-refractivity contribution in [3.63, 3.8) is 0 Å². The summed E-state index contributed by atoms with van der Waals surface area (Å²) in [5, 5.41) is 0. The van der Waals surface area contributed by atoms with Gasteiger partial charge >= 0.3 is 0 Å². The van der Waals surface area contributed by atoms with Gasteiger partial charge in [-0.3, -0.25) is 4.98 Å². The lowest BCUT2D eigenvalue weighted by molar-refractivity contribution is 0.122. The van der Waals surface area contributed by atoms with Gasteiger partial charge in [0.05, 0.1) is 13.2 Å². The van der Waals surface area contributed by atoms with Crippen molar-refractivity contribution in [1.82, 2.24) is 9.88 Å². The van der Waals surface area contributed by atoms with Crippen LogP contribution in [0.3, 0.4) is 0 Å². The summed E-state index contributed by atoms with van der Waals surface area (Å²) in [6, 6.07) is 12.9. The molecule has 4 heteroatoms. The van der Waals surface area contributed by atoms with Gasteiger partial charge in [0.15, 0.2) is 0 Å². The van der Waals surface area contributed by atoms with Gasteiger partial charge in [-0.1, -0.05) is 18.2 Å². The van der Waals surface area contributed by atoms with Crippen LogP contribution in [0, 0.1) is 0 Å². The highest BCUT2D eigenvalue weighted by atomic mass is 16.5. The van der Waals surface area contributed by atoms with E-state index in [0.29, 0.717) is 0 Å². The second-order valence-electron chi connectivity index (χ2n) is 6.07. The fraction of sp³-hybridized carbons (Fsp3) is 0.421. The molecule has 122 valence electrons. The molecule has 1 aromatic carbocycles. The first-order chi connectivity index (χ1) is 11.3. The monoisotopic (exact) mass is 311 g/mol.